The van der Waals surface area contributed by atoms with E-state index in [1.807, 2.05) is 0 Å². The van der Waals surface area contributed by atoms with Crippen LogP contribution in [0.15, 0.2) is 0 Å². The second-order valence-electron chi connectivity index (χ2n) is 7.01. The number of hydrogen-bond acceptors (Lipinski definition) is 3. The second-order valence-corrected chi connectivity index (χ2v) is 7.01. The van der Waals surface area contributed by atoms with E-state index < -0.39 is 0 Å². The van der Waals surface area contributed by atoms with Crippen LogP contribution in [0, 0.1) is 29.6 Å². The number of aliphatic hydroxyl groups excluding tert-OH is 1. The molecule has 3 heteroatoms. The lowest BCUT2D eigenvalue weighted by Crippen LogP contribution is -2.27. The Labute approximate surface area is 116 Å². The molecule has 6 atom stereocenters. The number of fused-ring (bicyclic) bond motifs is 2. The SMILES string of the molecule is CC1C2CC(CC(O)CCC3OCCO3)C(C2)C1C. The highest BCUT2D eigenvalue weighted by Crippen LogP contribution is 2.56. The summed E-state index contributed by atoms with van der Waals surface area (Å²) in [6.07, 6.45) is 5.19. The Balaban J connectivity index is 1.42. The predicted molar refractivity (Wildman–Crippen MR) is 73.6 cm³/mol. The molecule has 2 bridgehead atoms. The molecule has 3 fully saturated rings. The second kappa shape index (κ2) is 5.71. The molecule has 0 aromatic heterocycles. The molecule has 0 spiro atoms. The zero-order chi connectivity index (χ0) is 13.4. The van der Waals surface area contributed by atoms with Crippen molar-refractivity contribution in [2.75, 3.05) is 13.2 Å². The van der Waals surface area contributed by atoms with Crippen LogP contribution in [0.4, 0.5) is 0 Å². The number of ether oxygens (including phenoxy) is 2. The molecule has 19 heavy (non-hydrogen) atoms. The summed E-state index contributed by atoms with van der Waals surface area (Å²) in [4.78, 5) is 0. The van der Waals surface area contributed by atoms with E-state index in [4.69, 9.17) is 9.47 Å². The average Bonchev–Trinajstić information content (AvgIpc) is 3.07. The van der Waals surface area contributed by atoms with Gasteiger partial charge >= 0.3 is 0 Å². The van der Waals surface area contributed by atoms with E-state index in [2.05, 4.69) is 13.8 Å². The Morgan fingerprint density at radius 3 is 2.47 bits per heavy atom. The molecule has 0 amide bonds. The third kappa shape index (κ3) is 2.84. The van der Waals surface area contributed by atoms with Gasteiger partial charge in [0.25, 0.3) is 0 Å². The van der Waals surface area contributed by atoms with Gasteiger partial charge in [-0.25, -0.2) is 0 Å². The molecule has 0 radical (unpaired) electrons. The van der Waals surface area contributed by atoms with E-state index in [-0.39, 0.29) is 12.4 Å². The van der Waals surface area contributed by atoms with Crippen molar-refractivity contribution >= 4 is 0 Å². The third-order valence-corrected chi connectivity index (χ3v) is 6.04. The minimum atomic E-state index is -0.167. The summed E-state index contributed by atoms with van der Waals surface area (Å²) in [6.45, 7) is 6.25. The third-order valence-electron chi connectivity index (χ3n) is 6.04. The molecule has 1 N–H and O–H groups in total. The number of hydrogen-bond donors (Lipinski definition) is 1. The van der Waals surface area contributed by atoms with Gasteiger partial charge in [0.15, 0.2) is 6.29 Å². The highest BCUT2D eigenvalue weighted by Gasteiger charge is 2.48. The van der Waals surface area contributed by atoms with Crippen LogP contribution in [0.5, 0.6) is 0 Å². The summed E-state index contributed by atoms with van der Waals surface area (Å²) in [5.74, 6) is 4.32. The first-order valence-electron chi connectivity index (χ1n) is 8.06. The highest BCUT2D eigenvalue weighted by atomic mass is 16.7. The van der Waals surface area contributed by atoms with Crippen molar-refractivity contribution in [1.29, 1.82) is 0 Å². The van der Waals surface area contributed by atoms with E-state index in [1.54, 1.807) is 0 Å². The van der Waals surface area contributed by atoms with E-state index in [0.717, 1.165) is 48.9 Å². The van der Waals surface area contributed by atoms with Gasteiger partial charge in [0.1, 0.15) is 0 Å². The van der Waals surface area contributed by atoms with Crippen molar-refractivity contribution in [2.24, 2.45) is 29.6 Å². The minimum Gasteiger partial charge on any atom is -0.393 e. The summed E-state index contributed by atoms with van der Waals surface area (Å²) in [5, 5.41) is 10.2. The molecule has 1 heterocycles. The highest BCUT2D eigenvalue weighted by molar-refractivity contribution is 4.97. The number of aliphatic hydroxyl groups is 1. The lowest BCUT2D eigenvalue weighted by Gasteiger charge is -2.33. The average molecular weight is 268 g/mol. The van der Waals surface area contributed by atoms with Crippen LogP contribution in [-0.2, 0) is 9.47 Å². The van der Waals surface area contributed by atoms with Crippen LogP contribution in [-0.4, -0.2) is 30.7 Å². The van der Waals surface area contributed by atoms with E-state index in [0.29, 0.717) is 13.2 Å². The van der Waals surface area contributed by atoms with E-state index in [1.165, 1.54) is 12.8 Å². The van der Waals surface area contributed by atoms with Crippen LogP contribution in [0.1, 0.15) is 46.0 Å². The first kappa shape index (κ1) is 13.8. The summed E-state index contributed by atoms with van der Waals surface area (Å²) in [7, 11) is 0. The number of rotatable bonds is 5. The van der Waals surface area contributed by atoms with Crippen molar-refractivity contribution in [3.8, 4) is 0 Å². The van der Waals surface area contributed by atoms with Gasteiger partial charge in [0.05, 0.1) is 19.3 Å². The van der Waals surface area contributed by atoms with Crippen molar-refractivity contribution in [2.45, 2.75) is 58.3 Å². The molecule has 6 unspecified atom stereocenters. The predicted octanol–water partition coefficient (Wildman–Crippen LogP) is 2.82. The molecule has 0 aromatic carbocycles. The maximum absolute atomic E-state index is 10.2. The van der Waals surface area contributed by atoms with Gasteiger partial charge in [0, 0.05) is 6.42 Å². The summed E-state index contributed by atoms with van der Waals surface area (Å²) in [6, 6.07) is 0. The molecule has 110 valence electrons. The molecule has 0 aromatic rings. The zero-order valence-corrected chi connectivity index (χ0v) is 12.3. The Hall–Kier alpha value is -0.120. The monoisotopic (exact) mass is 268 g/mol. The molecular weight excluding hydrogens is 240 g/mol. The molecule has 3 aliphatic rings. The largest absolute Gasteiger partial charge is 0.393 e. The summed E-state index contributed by atoms with van der Waals surface area (Å²) in [5.41, 5.74) is 0. The minimum absolute atomic E-state index is 0.0615. The van der Waals surface area contributed by atoms with Crippen LogP contribution in [0.25, 0.3) is 0 Å². The van der Waals surface area contributed by atoms with Crippen LogP contribution >= 0.6 is 0 Å². The van der Waals surface area contributed by atoms with Crippen molar-refractivity contribution in [3.63, 3.8) is 0 Å². The first-order chi connectivity index (χ1) is 9.15. The fourth-order valence-corrected chi connectivity index (χ4v) is 4.74. The fraction of sp³-hybridized carbons (Fsp3) is 1.00. The Bertz CT molecular complexity index is 298. The van der Waals surface area contributed by atoms with Crippen molar-refractivity contribution in [1.82, 2.24) is 0 Å². The van der Waals surface area contributed by atoms with Gasteiger partial charge in [0.2, 0.25) is 0 Å². The lowest BCUT2D eigenvalue weighted by atomic mass is 9.74. The van der Waals surface area contributed by atoms with Gasteiger partial charge in [-0.15, -0.1) is 0 Å². The van der Waals surface area contributed by atoms with Gasteiger partial charge in [-0.1, -0.05) is 13.8 Å². The molecule has 2 aliphatic carbocycles. The molecule has 1 aliphatic heterocycles. The molecule has 3 rings (SSSR count). The maximum atomic E-state index is 10.2. The van der Waals surface area contributed by atoms with Crippen LogP contribution < -0.4 is 0 Å². The van der Waals surface area contributed by atoms with E-state index in [9.17, 15) is 5.11 Å². The van der Waals surface area contributed by atoms with Crippen molar-refractivity contribution < 1.29 is 14.6 Å². The summed E-state index contributed by atoms with van der Waals surface area (Å²) < 4.78 is 10.8. The van der Waals surface area contributed by atoms with Crippen LogP contribution in [0.2, 0.25) is 0 Å². The van der Waals surface area contributed by atoms with Crippen molar-refractivity contribution in [3.05, 3.63) is 0 Å². The molecule has 3 nitrogen and oxygen atoms in total. The summed E-state index contributed by atoms with van der Waals surface area (Å²) >= 11 is 0. The standard InChI is InChI=1S/C16H28O3/c1-10-11(2)15-9-12(10)7-13(15)8-14(17)3-4-16-18-5-6-19-16/h10-17H,3-9H2,1-2H3. The van der Waals surface area contributed by atoms with Gasteiger partial charge in [-0.05, 0) is 55.3 Å². The molecule has 1 saturated heterocycles. The van der Waals surface area contributed by atoms with Gasteiger partial charge in [-0.2, -0.15) is 0 Å². The Morgan fingerprint density at radius 1 is 1.11 bits per heavy atom. The zero-order valence-electron chi connectivity index (χ0n) is 12.3. The first-order valence-corrected chi connectivity index (χ1v) is 8.06. The fourth-order valence-electron chi connectivity index (χ4n) is 4.74. The van der Waals surface area contributed by atoms with E-state index >= 15 is 0 Å². The molecule has 2 saturated carbocycles. The normalized spacial score (nSPS) is 44.1. The maximum Gasteiger partial charge on any atom is 0.157 e. The lowest BCUT2D eigenvalue weighted by molar-refractivity contribution is -0.0556. The van der Waals surface area contributed by atoms with Gasteiger partial charge < -0.3 is 14.6 Å². The Kier molecular flexibility index (Phi) is 4.16. The van der Waals surface area contributed by atoms with Gasteiger partial charge in [-0.3, -0.25) is 0 Å². The molecular formula is C16H28O3. The quantitative estimate of drug-likeness (QED) is 0.833. The van der Waals surface area contributed by atoms with Crippen LogP contribution in [0.3, 0.4) is 0 Å². The smallest absolute Gasteiger partial charge is 0.157 e. The Morgan fingerprint density at radius 2 is 1.84 bits per heavy atom. The topological polar surface area (TPSA) is 38.7 Å².